The number of rotatable bonds is 4. The average molecular weight is 492 g/mol. The van der Waals surface area contributed by atoms with E-state index in [1.165, 1.54) is 20.8 Å². The SMILES string of the molecule is C[Si](C)(Br)C1=CCC(C(c2ccccc2)c2ccccn2)=[C]1[Cr+2].[Cl-].[Cl-]. The van der Waals surface area contributed by atoms with Crippen LogP contribution in [0.1, 0.15) is 23.6 Å². The predicted molar refractivity (Wildman–Crippen MR) is 98.7 cm³/mol. The van der Waals surface area contributed by atoms with Crippen molar-refractivity contribution in [3.8, 4) is 0 Å². The summed E-state index contributed by atoms with van der Waals surface area (Å²) in [5.41, 5.74) is 3.85. The van der Waals surface area contributed by atoms with Crippen molar-refractivity contribution in [2.24, 2.45) is 0 Å². The van der Waals surface area contributed by atoms with Crippen LogP contribution in [0.25, 0.3) is 0 Å². The van der Waals surface area contributed by atoms with Crippen molar-refractivity contribution in [2.75, 3.05) is 0 Å². The Hall–Kier alpha value is -0.341. The molecule has 2 aromatic rings. The molecule has 0 amide bonds. The zero-order valence-electron chi connectivity index (χ0n) is 14.0. The number of aromatic nitrogens is 1. The minimum absolute atomic E-state index is 0. The summed E-state index contributed by atoms with van der Waals surface area (Å²) in [6.45, 7) is 3.15. The number of nitrogens with zero attached hydrogens (tertiary/aromatic N) is 1. The van der Waals surface area contributed by atoms with Gasteiger partial charge in [-0.05, 0) is 0 Å². The summed E-state index contributed by atoms with van der Waals surface area (Å²) in [6, 6.07) is 16.9. The molecule has 1 unspecified atom stereocenters. The van der Waals surface area contributed by atoms with Crippen LogP contribution >= 0.6 is 15.3 Å². The number of hydrogen-bond acceptors (Lipinski definition) is 1. The minimum Gasteiger partial charge on any atom is -1.00 e. The molecule has 0 N–H and O–H groups in total. The maximum atomic E-state index is 4.65. The molecule has 0 saturated heterocycles. The summed E-state index contributed by atoms with van der Waals surface area (Å²) in [4.78, 5) is 4.65. The quantitative estimate of drug-likeness (QED) is 0.415. The maximum absolute atomic E-state index is 4.65. The first-order valence-corrected chi connectivity index (χ1v) is 13.6. The Labute approximate surface area is 179 Å². The van der Waals surface area contributed by atoms with Gasteiger partial charge in [0.05, 0.1) is 0 Å². The average Bonchev–Trinajstić information content (AvgIpc) is 2.92. The fraction of sp³-hybridized carbons (Fsp3) is 0.211. The van der Waals surface area contributed by atoms with Gasteiger partial charge in [-0.1, -0.05) is 0 Å². The van der Waals surface area contributed by atoms with E-state index in [4.69, 9.17) is 0 Å². The number of allylic oxidation sites excluding steroid dienone is 4. The van der Waals surface area contributed by atoms with Crippen LogP contribution in [-0.2, 0) is 16.3 Å². The molecular formula is C19H19BrCl2CrNSi. The van der Waals surface area contributed by atoms with Gasteiger partial charge < -0.3 is 24.8 Å². The molecule has 0 spiro atoms. The number of hydrogen-bond donors (Lipinski definition) is 0. The van der Waals surface area contributed by atoms with Gasteiger partial charge in [0.2, 0.25) is 0 Å². The molecule has 1 aliphatic rings. The van der Waals surface area contributed by atoms with Gasteiger partial charge in [-0.15, -0.1) is 0 Å². The van der Waals surface area contributed by atoms with Gasteiger partial charge in [-0.25, -0.2) is 0 Å². The standard InChI is InChI=1S/C19H19BrNSi.2ClH.Cr/c1-22(2,20)17-12-11-16(14-17)19(15-8-4-3-5-9-15)18-10-6-7-13-21-18;;;/h3-10,12-13,19H,11H2,1-2H3;2*1H;/q;;;+2/p-2. The number of halogens is 3. The Balaban J connectivity index is 0.00000156. The Bertz CT molecular complexity index is 718. The van der Waals surface area contributed by atoms with Gasteiger partial charge in [-0.2, -0.15) is 0 Å². The molecule has 0 aliphatic heterocycles. The molecule has 3 rings (SSSR count). The second-order valence-electron chi connectivity index (χ2n) is 6.25. The topological polar surface area (TPSA) is 12.9 Å². The largest absolute Gasteiger partial charge is 1.00 e. The van der Waals surface area contributed by atoms with Crippen LogP contribution in [0, 0.1) is 0 Å². The van der Waals surface area contributed by atoms with E-state index in [-0.39, 0.29) is 30.7 Å². The zero-order valence-corrected chi connectivity index (χ0v) is 19.4. The molecule has 1 heterocycles. The van der Waals surface area contributed by atoms with Gasteiger partial charge in [0.1, 0.15) is 0 Å². The molecule has 0 saturated carbocycles. The van der Waals surface area contributed by atoms with Crippen LogP contribution in [0.3, 0.4) is 0 Å². The monoisotopic (exact) mass is 490 g/mol. The van der Waals surface area contributed by atoms with Crippen molar-refractivity contribution in [2.45, 2.75) is 25.4 Å². The van der Waals surface area contributed by atoms with Crippen LogP contribution in [0.2, 0.25) is 13.1 Å². The number of benzene rings is 1. The number of pyridine rings is 1. The molecule has 0 bridgehead atoms. The molecule has 1 nitrogen and oxygen atoms in total. The van der Waals surface area contributed by atoms with E-state index in [1.54, 1.807) is 0 Å². The first-order chi connectivity index (χ1) is 11.0. The van der Waals surface area contributed by atoms with E-state index in [2.05, 4.69) is 98.2 Å². The molecular weight excluding hydrogens is 473 g/mol. The Morgan fingerprint density at radius 1 is 1.04 bits per heavy atom. The van der Waals surface area contributed by atoms with Crippen molar-refractivity contribution in [1.82, 2.24) is 4.98 Å². The van der Waals surface area contributed by atoms with Crippen LogP contribution in [-0.4, -0.2) is 11.7 Å². The fourth-order valence-corrected chi connectivity index (χ4v) is 7.73. The van der Waals surface area contributed by atoms with E-state index in [1.807, 2.05) is 12.3 Å². The van der Waals surface area contributed by atoms with Crippen molar-refractivity contribution in [1.29, 1.82) is 0 Å². The minimum atomic E-state index is -1.51. The molecule has 1 aromatic carbocycles. The summed E-state index contributed by atoms with van der Waals surface area (Å²) < 4.78 is 1.33. The zero-order chi connectivity index (χ0) is 16.4. The summed E-state index contributed by atoms with van der Waals surface area (Å²) in [7, 11) is 0. The molecule has 6 heteroatoms. The Morgan fingerprint density at radius 3 is 2.20 bits per heavy atom. The smallest absolute Gasteiger partial charge is 1.00 e. The van der Waals surface area contributed by atoms with Gasteiger partial charge in [0, 0.05) is 0 Å². The third-order valence-electron chi connectivity index (χ3n) is 4.17. The molecule has 25 heavy (non-hydrogen) atoms. The van der Waals surface area contributed by atoms with E-state index in [0.29, 0.717) is 0 Å². The fourth-order valence-electron chi connectivity index (χ4n) is 3.07. The molecule has 0 fully saturated rings. The first-order valence-electron chi connectivity index (χ1n) is 7.74. The molecule has 1 aromatic heterocycles. The van der Waals surface area contributed by atoms with Gasteiger partial charge in [-0.3, -0.25) is 0 Å². The van der Waals surface area contributed by atoms with E-state index < -0.39 is 6.69 Å². The summed E-state index contributed by atoms with van der Waals surface area (Å²) in [6.07, 6.45) is 5.27. The van der Waals surface area contributed by atoms with Crippen LogP contribution in [0.4, 0.5) is 0 Å². The van der Waals surface area contributed by atoms with Crippen LogP contribution in [0.5, 0.6) is 0 Å². The first kappa shape index (κ1) is 22.7. The maximum Gasteiger partial charge on any atom is -1.00 e. The Morgan fingerprint density at radius 2 is 1.68 bits per heavy atom. The normalized spacial score (nSPS) is 15.0. The van der Waals surface area contributed by atoms with Gasteiger partial charge >= 0.3 is 156 Å². The molecule has 131 valence electrons. The van der Waals surface area contributed by atoms with Crippen molar-refractivity contribution >= 4 is 22.0 Å². The third-order valence-corrected chi connectivity index (χ3v) is 8.23. The second-order valence-corrected chi connectivity index (χ2v) is 16.3. The summed E-state index contributed by atoms with van der Waals surface area (Å²) in [5, 5.41) is 1.48. The van der Waals surface area contributed by atoms with E-state index in [9.17, 15) is 0 Å². The predicted octanol–water partition coefficient (Wildman–Crippen LogP) is -0.508. The van der Waals surface area contributed by atoms with Gasteiger partial charge in [0.15, 0.2) is 0 Å². The Kier molecular flexibility index (Phi) is 8.67. The van der Waals surface area contributed by atoms with E-state index in [0.717, 1.165) is 12.1 Å². The van der Waals surface area contributed by atoms with Crippen molar-refractivity contribution < 1.29 is 41.1 Å². The van der Waals surface area contributed by atoms with Gasteiger partial charge in [0.25, 0.3) is 0 Å². The molecule has 1 atom stereocenters. The van der Waals surface area contributed by atoms with Crippen LogP contribution < -0.4 is 24.8 Å². The van der Waals surface area contributed by atoms with Crippen molar-refractivity contribution in [3.63, 3.8) is 0 Å². The summed E-state index contributed by atoms with van der Waals surface area (Å²) >= 11 is 7.29. The van der Waals surface area contributed by atoms with Crippen molar-refractivity contribution in [3.05, 3.63) is 87.3 Å². The molecule has 0 radical (unpaired) electrons. The van der Waals surface area contributed by atoms with Crippen LogP contribution in [0.15, 0.2) is 76.0 Å². The van der Waals surface area contributed by atoms with E-state index >= 15 is 0 Å². The molecule has 1 aliphatic carbocycles. The summed E-state index contributed by atoms with van der Waals surface area (Å²) in [5.74, 6) is 0.214. The third kappa shape index (κ3) is 5.10. The second kappa shape index (κ2) is 9.55.